The van der Waals surface area contributed by atoms with Crippen LogP contribution in [0.3, 0.4) is 0 Å². The second-order valence-electron chi connectivity index (χ2n) is 31.7. The van der Waals surface area contributed by atoms with Crippen molar-refractivity contribution in [2.24, 2.45) is 17.4 Å². The zero-order valence-corrected chi connectivity index (χ0v) is 80.4. The van der Waals surface area contributed by atoms with Crippen LogP contribution in [0.25, 0.3) is 0 Å². The van der Waals surface area contributed by atoms with Gasteiger partial charge in [-0.05, 0) is 155 Å². The van der Waals surface area contributed by atoms with E-state index in [1.165, 1.54) is 54.5 Å². The van der Waals surface area contributed by atoms with Gasteiger partial charge in [-0.3, -0.25) is 50.7 Å². The van der Waals surface area contributed by atoms with Crippen molar-refractivity contribution in [2.75, 3.05) is 105 Å². The number of hydrogen-bond donors (Lipinski definition) is 8. The summed E-state index contributed by atoms with van der Waals surface area (Å²) in [5, 5.41) is 33.0. The molecule has 2 fully saturated rings. The number of aliphatic hydroxyl groups is 1. The highest BCUT2D eigenvalue weighted by atomic mass is 35.5. The van der Waals surface area contributed by atoms with Gasteiger partial charge in [-0.15, -0.1) is 0 Å². The number of hydrazine groups is 1. The Bertz CT molecular complexity index is 5350. The number of halogens is 3. The maximum atomic E-state index is 12.4. The fraction of sp³-hybridized carbons (Fsp3) is 0.330. The number of ether oxygens (including phenoxy) is 5. The van der Waals surface area contributed by atoms with E-state index in [0.717, 1.165) is 84.6 Å². The number of pyridine rings is 1. The van der Waals surface area contributed by atoms with Gasteiger partial charge >= 0.3 is 19.1 Å². The van der Waals surface area contributed by atoms with Gasteiger partial charge in [0.1, 0.15) is 68.5 Å². The van der Waals surface area contributed by atoms with E-state index < -0.39 is 17.9 Å². The van der Waals surface area contributed by atoms with Crippen molar-refractivity contribution >= 4 is 94.6 Å². The number of likely N-dealkylation sites (N-methyl/N-ethyl adjacent to an activating group) is 1. The summed E-state index contributed by atoms with van der Waals surface area (Å²) in [6.45, 7) is 26.6. The molecule has 11 aromatic rings. The summed E-state index contributed by atoms with van der Waals surface area (Å²) >= 11 is 16.7. The lowest BCUT2D eigenvalue weighted by atomic mass is 9.80. The predicted molar refractivity (Wildman–Crippen MR) is 524 cm³/mol. The molecule has 0 bridgehead atoms. The molecule has 0 saturated carbocycles. The quantitative estimate of drug-likeness (QED) is 0.00969. The van der Waals surface area contributed by atoms with Crippen molar-refractivity contribution in [1.82, 2.24) is 40.0 Å². The van der Waals surface area contributed by atoms with Gasteiger partial charge in [0, 0.05) is 92.6 Å². The highest BCUT2D eigenvalue weighted by Crippen LogP contribution is 2.38. The van der Waals surface area contributed by atoms with E-state index in [1.54, 1.807) is 119 Å². The summed E-state index contributed by atoms with van der Waals surface area (Å²) in [4.78, 5) is 93.6. The van der Waals surface area contributed by atoms with Crippen LogP contribution in [0.2, 0.25) is 15.5 Å². The van der Waals surface area contributed by atoms with Crippen LogP contribution in [-0.4, -0.2) is 199 Å². The number of amides is 4. The first-order chi connectivity index (χ1) is 63.7. The number of aliphatic hydroxyl groups excluding tert-OH is 1. The number of piperazine rings is 1. The Kier molecular flexibility index (Phi) is 45.8. The number of hydrogen-bond acceptors (Lipinski definition) is 25. The second kappa shape index (κ2) is 55.8. The van der Waals surface area contributed by atoms with Crippen LogP contribution in [0.4, 0.5) is 11.6 Å². The lowest BCUT2D eigenvalue weighted by Gasteiger charge is -2.33. The number of rotatable bonds is 23. The van der Waals surface area contributed by atoms with Gasteiger partial charge in [0.15, 0.2) is 0 Å². The van der Waals surface area contributed by atoms with E-state index in [0.29, 0.717) is 85.3 Å². The number of imide groups is 2. The zero-order chi connectivity index (χ0) is 97.9. The van der Waals surface area contributed by atoms with Gasteiger partial charge in [-0.2, -0.15) is 0 Å². The molecule has 29 nitrogen and oxygen atoms in total. The molecule has 0 aliphatic carbocycles. The Labute approximate surface area is 795 Å². The largest absolute Gasteiger partial charge is 0.496 e. The second-order valence-corrected chi connectivity index (χ2v) is 32.8. The first kappa shape index (κ1) is 109. The molecule has 5 unspecified atom stereocenters. The van der Waals surface area contributed by atoms with Crippen LogP contribution in [0, 0.1) is 0 Å². The number of aliphatic carboxylic acids is 2. The number of benzene rings is 8. The molecular formula is C100H123BCl3N13O16. The Morgan fingerprint density at radius 2 is 0.902 bits per heavy atom. The van der Waals surface area contributed by atoms with E-state index >= 15 is 0 Å². The summed E-state index contributed by atoms with van der Waals surface area (Å²) < 4.78 is 37.9. The molecule has 4 aliphatic heterocycles. The summed E-state index contributed by atoms with van der Waals surface area (Å²) in [7, 11) is 9.83. The molecule has 7 heterocycles. The summed E-state index contributed by atoms with van der Waals surface area (Å²) in [6.07, 6.45) is 5.72. The van der Waals surface area contributed by atoms with Gasteiger partial charge in [0.05, 0.1) is 81.3 Å². The fourth-order valence-electron chi connectivity index (χ4n) is 13.7. The normalized spacial score (nSPS) is 14.4. The molecule has 5 atom stereocenters. The van der Waals surface area contributed by atoms with Gasteiger partial charge in [0.2, 0.25) is 0 Å². The molecule has 15 rings (SSSR count). The Balaban J connectivity index is 0.000000233. The van der Waals surface area contributed by atoms with Crippen molar-refractivity contribution in [3.63, 3.8) is 0 Å². The minimum Gasteiger partial charge on any atom is -0.496 e. The van der Waals surface area contributed by atoms with E-state index in [4.69, 9.17) is 88.8 Å². The topological polar surface area (TPSA) is 404 Å². The molecule has 133 heavy (non-hydrogen) atoms. The van der Waals surface area contributed by atoms with Crippen molar-refractivity contribution < 1.29 is 77.1 Å². The number of carbonyl (C=O) groups is 6. The average molecular weight is 1880 g/mol. The van der Waals surface area contributed by atoms with Crippen LogP contribution in [-0.2, 0) is 31.7 Å². The minimum atomic E-state index is -0.848. The zero-order valence-electron chi connectivity index (χ0n) is 78.1. The molecule has 8 aromatic carbocycles. The smallest absolute Gasteiger partial charge is 0.496 e. The number of para-hydroxylation sites is 5. The van der Waals surface area contributed by atoms with Crippen molar-refractivity contribution in [3.05, 3.63) is 314 Å². The highest BCUT2D eigenvalue weighted by molar-refractivity contribution is 6.62. The number of aromatic nitrogens is 5. The lowest BCUT2D eigenvalue weighted by Crippen LogP contribution is -2.45. The Morgan fingerprint density at radius 1 is 0.504 bits per heavy atom. The number of methoxy groups -OCH3 is 5. The third-order valence-corrected chi connectivity index (χ3v) is 22.7. The summed E-state index contributed by atoms with van der Waals surface area (Å²) in [5.74, 6) is 11.2. The van der Waals surface area contributed by atoms with E-state index in [2.05, 4.69) is 155 Å². The number of carboxylic acid groups (broad SMARTS) is 2. The molecule has 0 radical (unpaired) electrons. The standard InChI is InChI=1S/C18H17NO3.C16H26BN3O2.C15H18ClN3.C10H15NO.C10H12O3.C10H14O2.C9H10O3.C8H5NO2.C4H2Cl2N2.H4N2/c1-12(13-7-5-6-10-16(13)22-2)11-19-17(20)14-8-3-4-9-15(14)18(19)21;1-15(2)16(3,4)22-17(21-15)13-6-7-14(18-12-13)20-10-8-19(5)9-11-20;1-3-12-6-4-5-7-13(12)11(2)9-17-15-8-14(16)18-10-19-15;1-8(7-11)9-5-3-4-6-10(9)12-2;1-7(10(11)12)8-5-3-4-6-9(8)13-2;1-8(7-11)9-5-3-4-6-10(9)12-2;1-12-8-5-3-2-4-7(8)6-9(10)11;10-7-5-3-1-2-4-6(5)8(11)9-7;5-3-1-4(6)8-2-7-3;1-2/h3-10,12H,11H2,1-2H3;6-7,12H,8-11H2,1-5H3;4-8,10-11H,3,9H2,1-2H3,(H,17,18,19);3-6,8H,7,11H2,1-2H3;3-7H,1-2H3,(H,11,12);3-6,8,11H,7H2,1-2H3;2-5H,6H2,1H3,(H,10,11);1-4H,(H,9,10,11);1-2H;1-2H2. The van der Waals surface area contributed by atoms with E-state index in [1.807, 2.05) is 98.9 Å². The maximum Gasteiger partial charge on any atom is 0.496 e. The first-order valence-electron chi connectivity index (χ1n) is 43.0. The van der Waals surface area contributed by atoms with Crippen LogP contribution >= 0.6 is 34.8 Å². The molecule has 708 valence electrons. The number of aryl methyl sites for hydroxylation is 1. The number of nitrogens with one attached hydrogen (secondary N) is 2. The fourth-order valence-corrected chi connectivity index (χ4v) is 14.2. The molecule has 0 spiro atoms. The molecular weight excluding hydrogens is 1760 g/mol. The minimum absolute atomic E-state index is 0.00152. The lowest BCUT2D eigenvalue weighted by molar-refractivity contribution is -0.138. The van der Waals surface area contributed by atoms with Crippen LogP contribution < -0.4 is 62.1 Å². The molecule has 4 amide bonds. The number of fused-ring (bicyclic) bond motifs is 2. The molecule has 2 saturated heterocycles. The first-order valence-corrected chi connectivity index (χ1v) is 44.1. The van der Waals surface area contributed by atoms with Gasteiger partial charge < -0.3 is 69.2 Å². The SMILES string of the molecule is CCc1ccccc1C(C)CNc1cc(Cl)ncn1.CN1CCN(c2ccc(B3OC(C)(C)C(C)(C)O3)cn2)CC1.COc1ccccc1C(C)C(=O)O.COc1ccccc1C(C)CN.COc1ccccc1C(C)CN1C(=O)c2ccccc2C1=O.COc1ccccc1C(C)CO.COc1ccccc1CC(=O)O.Clc1cc(Cl)ncn1.NN.O=C1NC(=O)c2ccccc21. The summed E-state index contributed by atoms with van der Waals surface area (Å²) in [6, 6.07) is 67.2. The number of carbonyl (C=O) groups excluding carboxylic acids is 4. The van der Waals surface area contributed by atoms with E-state index in [-0.39, 0.29) is 66.8 Å². The Morgan fingerprint density at radius 3 is 1.32 bits per heavy atom. The van der Waals surface area contributed by atoms with Crippen molar-refractivity contribution in [3.8, 4) is 28.7 Å². The number of carboxylic acids is 2. The maximum absolute atomic E-state index is 12.4. The van der Waals surface area contributed by atoms with Crippen LogP contribution in [0.5, 0.6) is 28.7 Å². The van der Waals surface area contributed by atoms with Crippen molar-refractivity contribution in [2.45, 2.75) is 123 Å². The monoisotopic (exact) mass is 1880 g/mol. The highest BCUT2D eigenvalue weighted by Gasteiger charge is 2.52. The van der Waals surface area contributed by atoms with Gasteiger partial charge in [-0.1, -0.05) is 215 Å². The molecule has 11 N–H and O–H groups in total. The number of nitrogens with zero attached hydrogens (tertiary/aromatic N) is 8. The molecule has 4 aliphatic rings. The molecule has 3 aromatic heterocycles. The van der Waals surface area contributed by atoms with Crippen molar-refractivity contribution in [1.29, 1.82) is 0 Å². The predicted octanol–water partition coefficient (Wildman–Crippen LogP) is 16.1. The number of anilines is 2. The van der Waals surface area contributed by atoms with E-state index in [9.17, 15) is 28.8 Å². The van der Waals surface area contributed by atoms with Crippen LogP contribution in [0.1, 0.15) is 179 Å². The number of nitrogens with two attached hydrogens (primary N) is 3. The van der Waals surface area contributed by atoms with Crippen LogP contribution in [0.15, 0.2) is 237 Å². The van der Waals surface area contributed by atoms with Gasteiger partial charge in [-0.25, -0.2) is 24.9 Å². The average Bonchev–Trinajstić information content (AvgIpc) is 1.62. The third-order valence-electron chi connectivity index (χ3n) is 22.0. The third kappa shape index (κ3) is 33.1. The van der Waals surface area contributed by atoms with Gasteiger partial charge in [0.25, 0.3) is 23.6 Å². The summed E-state index contributed by atoms with van der Waals surface area (Å²) in [5.41, 5.74) is 15.3. The Hall–Kier alpha value is -12.5. The molecule has 33 heteroatoms.